The Morgan fingerprint density at radius 3 is 2.50 bits per heavy atom. The molecule has 0 radical (unpaired) electrons. The van der Waals surface area contributed by atoms with Crippen LogP contribution in [-0.4, -0.2) is 11.0 Å². The molecule has 0 aliphatic rings. The molecule has 3 heteroatoms. The molecule has 60 valence electrons. The minimum Gasteiger partial charge on any atom is -0.264 e. The number of hydrogen-bond donors (Lipinski definition) is 0. The molecule has 0 amide bonds. The quantitative estimate of drug-likeness (QED) is 0.338. The van der Waals surface area contributed by atoms with E-state index in [4.69, 9.17) is 0 Å². The Balaban J connectivity index is 3.21. The Labute approximate surface area is 61.6 Å². The van der Waals surface area contributed by atoms with Crippen molar-refractivity contribution < 1.29 is 4.92 Å². The van der Waals surface area contributed by atoms with Gasteiger partial charge in [-0.25, -0.2) is 0 Å². The van der Waals surface area contributed by atoms with E-state index in [0.717, 1.165) is 25.7 Å². The molecule has 0 N–H and O–H groups in total. The summed E-state index contributed by atoms with van der Waals surface area (Å²) in [5, 5.41) is 10.1. The van der Waals surface area contributed by atoms with Gasteiger partial charge in [-0.3, -0.25) is 10.1 Å². The highest BCUT2D eigenvalue weighted by Gasteiger charge is 2.10. The first kappa shape index (κ1) is 9.40. The first-order valence-corrected chi connectivity index (χ1v) is 3.82. The summed E-state index contributed by atoms with van der Waals surface area (Å²) in [6.45, 7) is 3.76. The van der Waals surface area contributed by atoms with Crippen molar-refractivity contribution in [1.29, 1.82) is 0 Å². The lowest BCUT2D eigenvalue weighted by molar-refractivity contribution is -0.519. The lowest BCUT2D eigenvalue weighted by Crippen LogP contribution is -2.14. The zero-order chi connectivity index (χ0) is 7.98. The molecule has 0 aromatic carbocycles. The van der Waals surface area contributed by atoms with Crippen LogP contribution in [0.1, 0.15) is 39.5 Å². The van der Waals surface area contributed by atoms with E-state index in [2.05, 4.69) is 6.92 Å². The SMILES string of the molecule is CCCCC[C@@H](C)[N+](=O)[O-]. The highest BCUT2D eigenvalue weighted by Crippen LogP contribution is 2.04. The fourth-order valence-electron chi connectivity index (χ4n) is 0.795. The molecule has 0 aromatic rings. The Bertz CT molecular complexity index is 104. The van der Waals surface area contributed by atoms with E-state index in [1.807, 2.05) is 0 Å². The monoisotopic (exact) mass is 145 g/mol. The van der Waals surface area contributed by atoms with Crippen LogP contribution in [0.15, 0.2) is 0 Å². The van der Waals surface area contributed by atoms with Gasteiger partial charge in [0.15, 0.2) is 0 Å². The van der Waals surface area contributed by atoms with E-state index in [1.54, 1.807) is 6.92 Å². The van der Waals surface area contributed by atoms with Crippen LogP contribution in [0, 0.1) is 10.1 Å². The molecular formula is C7H15NO2. The van der Waals surface area contributed by atoms with Crippen molar-refractivity contribution in [3.8, 4) is 0 Å². The minimum absolute atomic E-state index is 0.213. The second-order valence-corrected chi connectivity index (χ2v) is 2.63. The summed E-state index contributed by atoms with van der Waals surface area (Å²) in [5.41, 5.74) is 0. The first-order valence-electron chi connectivity index (χ1n) is 3.82. The molecule has 0 aliphatic carbocycles. The summed E-state index contributed by atoms with van der Waals surface area (Å²) < 4.78 is 0. The van der Waals surface area contributed by atoms with Gasteiger partial charge in [0.05, 0.1) is 0 Å². The van der Waals surface area contributed by atoms with Gasteiger partial charge in [-0.15, -0.1) is 0 Å². The molecule has 0 saturated heterocycles. The van der Waals surface area contributed by atoms with Gasteiger partial charge in [0.25, 0.3) is 0 Å². The molecule has 0 fully saturated rings. The van der Waals surface area contributed by atoms with Gasteiger partial charge in [0.1, 0.15) is 0 Å². The number of nitrogens with zero attached hydrogens (tertiary/aromatic N) is 1. The predicted octanol–water partition coefficient (Wildman–Crippen LogP) is 2.23. The lowest BCUT2D eigenvalue weighted by atomic mass is 10.1. The summed E-state index contributed by atoms with van der Waals surface area (Å²) in [5.74, 6) is 0. The summed E-state index contributed by atoms with van der Waals surface area (Å²) in [6.07, 6.45) is 3.95. The molecule has 10 heavy (non-hydrogen) atoms. The van der Waals surface area contributed by atoms with Crippen molar-refractivity contribution >= 4 is 0 Å². The van der Waals surface area contributed by atoms with Crippen molar-refractivity contribution in [2.24, 2.45) is 0 Å². The van der Waals surface area contributed by atoms with Gasteiger partial charge in [-0.05, 0) is 6.42 Å². The Morgan fingerprint density at radius 1 is 1.50 bits per heavy atom. The van der Waals surface area contributed by atoms with E-state index in [9.17, 15) is 10.1 Å². The van der Waals surface area contributed by atoms with E-state index < -0.39 is 0 Å². The highest BCUT2D eigenvalue weighted by molar-refractivity contribution is 4.48. The molecule has 0 spiro atoms. The summed E-state index contributed by atoms with van der Waals surface area (Å²) in [4.78, 5) is 9.89. The summed E-state index contributed by atoms with van der Waals surface area (Å²) in [7, 11) is 0. The molecule has 0 aliphatic heterocycles. The van der Waals surface area contributed by atoms with Crippen LogP contribution in [-0.2, 0) is 0 Å². The number of rotatable bonds is 5. The average molecular weight is 145 g/mol. The van der Waals surface area contributed by atoms with Gasteiger partial charge < -0.3 is 0 Å². The number of hydrogen-bond acceptors (Lipinski definition) is 2. The molecule has 0 rings (SSSR count). The van der Waals surface area contributed by atoms with Crippen molar-refractivity contribution in [1.82, 2.24) is 0 Å². The van der Waals surface area contributed by atoms with E-state index in [-0.39, 0.29) is 11.0 Å². The Hall–Kier alpha value is -0.600. The van der Waals surface area contributed by atoms with Crippen LogP contribution >= 0.6 is 0 Å². The third-order valence-corrected chi connectivity index (χ3v) is 1.59. The molecule has 0 aromatic heterocycles. The maximum absolute atomic E-state index is 10.1. The normalized spacial score (nSPS) is 13.0. The van der Waals surface area contributed by atoms with Crippen LogP contribution in [0.25, 0.3) is 0 Å². The first-order chi connectivity index (χ1) is 4.68. The minimum atomic E-state index is -0.355. The lowest BCUT2D eigenvalue weighted by Gasteiger charge is -2.00. The standard InChI is InChI=1S/C7H15NO2/c1-3-4-5-6-7(2)8(9)10/h7H,3-6H2,1-2H3/t7-/m1/s1. The maximum Gasteiger partial charge on any atom is 0.210 e. The number of nitro groups is 1. The fraction of sp³-hybridized carbons (Fsp3) is 1.00. The van der Waals surface area contributed by atoms with E-state index >= 15 is 0 Å². The molecule has 0 saturated carbocycles. The average Bonchev–Trinajstić information content (AvgIpc) is 1.88. The van der Waals surface area contributed by atoms with Gasteiger partial charge in [-0.2, -0.15) is 0 Å². The summed E-state index contributed by atoms with van der Waals surface area (Å²) in [6, 6.07) is -0.355. The van der Waals surface area contributed by atoms with Gasteiger partial charge in [-0.1, -0.05) is 19.8 Å². The van der Waals surface area contributed by atoms with Crippen molar-refractivity contribution in [2.75, 3.05) is 0 Å². The second-order valence-electron chi connectivity index (χ2n) is 2.63. The smallest absolute Gasteiger partial charge is 0.210 e. The van der Waals surface area contributed by atoms with E-state index in [0.29, 0.717) is 0 Å². The molecule has 0 heterocycles. The molecule has 1 atom stereocenters. The maximum atomic E-state index is 10.1. The van der Waals surface area contributed by atoms with Crippen LogP contribution in [0.2, 0.25) is 0 Å². The highest BCUT2D eigenvalue weighted by atomic mass is 16.6. The number of unbranched alkanes of at least 4 members (excludes halogenated alkanes) is 2. The third-order valence-electron chi connectivity index (χ3n) is 1.59. The van der Waals surface area contributed by atoms with E-state index in [1.165, 1.54) is 0 Å². The summed E-state index contributed by atoms with van der Waals surface area (Å²) >= 11 is 0. The Morgan fingerprint density at radius 2 is 2.10 bits per heavy atom. The van der Waals surface area contributed by atoms with Crippen molar-refractivity contribution in [3.05, 3.63) is 10.1 Å². The second kappa shape index (κ2) is 5.21. The van der Waals surface area contributed by atoms with Crippen molar-refractivity contribution in [2.45, 2.75) is 45.6 Å². The van der Waals surface area contributed by atoms with Gasteiger partial charge in [0, 0.05) is 18.3 Å². The fourth-order valence-corrected chi connectivity index (χ4v) is 0.795. The molecule has 3 nitrogen and oxygen atoms in total. The largest absolute Gasteiger partial charge is 0.264 e. The molecule has 0 bridgehead atoms. The van der Waals surface area contributed by atoms with Crippen LogP contribution in [0.4, 0.5) is 0 Å². The zero-order valence-corrected chi connectivity index (χ0v) is 6.67. The van der Waals surface area contributed by atoms with Gasteiger partial charge in [0.2, 0.25) is 6.04 Å². The predicted molar refractivity (Wildman–Crippen MR) is 40.6 cm³/mol. The molecule has 0 unspecified atom stereocenters. The van der Waals surface area contributed by atoms with Gasteiger partial charge >= 0.3 is 0 Å². The third kappa shape index (κ3) is 4.30. The van der Waals surface area contributed by atoms with Crippen LogP contribution in [0.5, 0.6) is 0 Å². The molecular weight excluding hydrogens is 130 g/mol. The zero-order valence-electron chi connectivity index (χ0n) is 6.67. The van der Waals surface area contributed by atoms with Crippen molar-refractivity contribution in [3.63, 3.8) is 0 Å². The topological polar surface area (TPSA) is 43.1 Å². The van der Waals surface area contributed by atoms with Crippen LogP contribution < -0.4 is 0 Å². The Kier molecular flexibility index (Phi) is 4.89. The van der Waals surface area contributed by atoms with Crippen LogP contribution in [0.3, 0.4) is 0 Å².